The zero-order valence-electron chi connectivity index (χ0n) is 11.0. The SMILES string of the molecule is O=Cc1cn(Cc2cccc(Br)c2)nc1-c1cnccn1. The molecule has 0 N–H and O–H groups in total. The quantitative estimate of drug-likeness (QED) is 0.684. The Labute approximate surface area is 129 Å². The molecule has 0 aliphatic carbocycles. The van der Waals surface area contributed by atoms with Crippen molar-refractivity contribution in [2.45, 2.75) is 6.54 Å². The Bertz CT molecular complexity index is 770. The molecule has 2 heterocycles. The molecule has 0 aliphatic rings. The summed E-state index contributed by atoms with van der Waals surface area (Å²) in [7, 11) is 0. The molecule has 0 spiro atoms. The third-order valence-corrected chi connectivity index (χ3v) is 3.45. The summed E-state index contributed by atoms with van der Waals surface area (Å²) in [6.07, 6.45) is 7.27. The van der Waals surface area contributed by atoms with Crippen LogP contribution in [0, 0.1) is 0 Å². The highest BCUT2D eigenvalue weighted by atomic mass is 79.9. The van der Waals surface area contributed by atoms with Gasteiger partial charge in [-0.2, -0.15) is 5.10 Å². The lowest BCUT2D eigenvalue weighted by Gasteiger charge is -2.02. The van der Waals surface area contributed by atoms with E-state index >= 15 is 0 Å². The molecule has 3 aromatic rings. The Morgan fingerprint density at radius 2 is 2.19 bits per heavy atom. The fraction of sp³-hybridized carbons (Fsp3) is 0.0667. The predicted octanol–water partition coefficient (Wildman–Crippen LogP) is 2.96. The number of aldehydes is 1. The second-order valence-electron chi connectivity index (χ2n) is 4.47. The summed E-state index contributed by atoms with van der Waals surface area (Å²) in [6, 6.07) is 7.96. The number of nitrogens with zero attached hydrogens (tertiary/aromatic N) is 4. The summed E-state index contributed by atoms with van der Waals surface area (Å²) in [4.78, 5) is 19.4. The van der Waals surface area contributed by atoms with Gasteiger partial charge in [-0.3, -0.25) is 19.4 Å². The van der Waals surface area contributed by atoms with Gasteiger partial charge in [0.15, 0.2) is 6.29 Å². The lowest BCUT2D eigenvalue weighted by Crippen LogP contribution is -2.00. The largest absolute Gasteiger partial charge is 0.298 e. The summed E-state index contributed by atoms with van der Waals surface area (Å²) < 4.78 is 2.74. The average molecular weight is 343 g/mol. The minimum Gasteiger partial charge on any atom is -0.298 e. The van der Waals surface area contributed by atoms with Crippen LogP contribution in [-0.2, 0) is 6.54 Å². The van der Waals surface area contributed by atoms with Gasteiger partial charge in [0.25, 0.3) is 0 Å². The van der Waals surface area contributed by atoms with Gasteiger partial charge in [-0.25, -0.2) is 0 Å². The maximum atomic E-state index is 11.2. The highest BCUT2D eigenvalue weighted by Gasteiger charge is 2.12. The van der Waals surface area contributed by atoms with Crippen molar-refractivity contribution in [1.82, 2.24) is 19.7 Å². The molecule has 0 radical (unpaired) electrons. The average Bonchev–Trinajstić information content (AvgIpc) is 2.91. The number of benzene rings is 1. The van der Waals surface area contributed by atoms with Crippen molar-refractivity contribution < 1.29 is 4.79 Å². The van der Waals surface area contributed by atoms with Crippen LogP contribution in [0.3, 0.4) is 0 Å². The fourth-order valence-corrected chi connectivity index (χ4v) is 2.49. The zero-order valence-corrected chi connectivity index (χ0v) is 12.6. The lowest BCUT2D eigenvalue weighted by molar-refractivity contribution is 0.112. The van der Waals surface area contributed by atoms with Crippen LogP contribution in [0.2, 0.25) is 0 Å². The molecule has 0 saturated heterocycles. The molecule has 2 aromatic heterocycles. The Hall–Kier alpha value is -2.34. The van der Waals surface area contributed by atoms with E-state index in [9.17, 15) is 4.79 Å². The molecule has 6 heteroatoms. The first-order valence-corrected chi connectivity index (χ1v) is 7.09. The highest BCUT2D eigenvalue weighted by molar-refractivity contribution is 9.10. The summed E-state index contributed by atoms with van der Waals surface area (Å²) in [5.41, 5.74) is 2.74. The van der Waals surface area contributed by atoms with Crippen LogP contribution in [0.1, 0.15) is 15.9 Å². The van der Waals surface area contributed by atoms with Gasteiger partial charge in [-0.1, -0.05) is 28.1 Å². The van der Waals surface area contributed by atoms with Crippen molar-refractivity contribution in [3.05, 3.63) is 64.7 Å². The van der Waals surface area contributed by atoms with E-state index in [1.165, 1.54) is 0 Å². The van der Waals surface area contributed by atoms with Gasteiger partial charge >= 0.3 is 0 Å². The lowest BCUT2D eigenvalue weighted by atomic mass is 10.2. The molecule has 0 atom stereocenters. The topological polar surface area (TPSA) is 60.7 Å². The van der Waals surface area contributed by atoms with Crippen molar-refractivity contribution in [3.8, 4) is 11.4 Å². The van der Waals surface area contributed by atoms with Gasteiger partial charge in [0.05, 0.1) is 18.3 Å². The Balaban J connectivity index is 1.95. The minimum absolute atomic E-state index is 0.505. The van der Waals surface area contributed by atoms with E-state index < -0.39 is 0 Å². The molecule has 0 saturated carbocycles. The van der Waals surface area contributed by atoms with Crippen molar-refractivity contribution in [2.24, 2.45) is 0 Å². The second-order valence-corrected chi connectivity index (χ2v) is 5.38. The third kappa shape index (κ3) is 3.05. The first-order chi connectivity index (χ1) is 10.3. The predicted molar refractivity (Wildman–Crippen MR) is 81.9 cm³/mol. The van der Waals surface area contributed by atoms with Gasteiger partial charge in [0.2, 0.25) is 0 Å². The summed E-state index contributed by atoms with van der Waals surface area (Å²) in [5.74, 6) is 0. The van der Waals surface area contributed by atoms with Crippen molar-refractivity contribution in [1.29, 1.82) is 0 Å². The maximum Gasteiger partial charge on any atom is 0.153 e. The van der Waals surface area contributed by atoms with Crippen LogP contribution in [-0.4, -0.2) is 26.0 Å². The number of halogens is 1. The molecule has 0 bridgehead atoms. The van der Waals surface area contributed by atoms with E-state index in [0.717, 1.165) is 16.3 Å². The van der Waals surface area contributed by atoms with Crippen molar-refractivity contribution in [2.75, 3.05) is 0 Å². The highest BCUT2D eigenvalue weighted by Crippen LogP contribution is 2.19. The molecular formula is C15H11BrN4O. The second kappa shape index (κ2) is 5.97. The van der Waals surface area contributed by atoms with Crippen LogP contribution in [0.4, 0.5) is 0 Å². The van der Waals surface area contributed by atoms with E-state index in [4.69, 9.17) is 0 Å². The number of rotatable bonds is 4. The molecule has 0 unspecified atom stereocenters. The van der Waals surface area contributed by atoms with Gasteiger partial charge in [0.1, 0.15) is 11.4 Å². The number of hydrogen-bond donors (Lipinski definition) is 0. The van der Waals surface area contributed by atoms with E-state index in [1.54, 1.807) is 29.5 Å². The van der Waals surface area contributed by atoms with Gasteiger partial charge < -0.3 is 0 Å². The number of carbonyl (C=O) groups excluding carboxylic acids is 1. The fourth-order valence-electron chi connectivity index (χ4n) is 2.05. The molecule has 0 fully saturated rings. The smallest absolute Gasteiger partial charge is 0.153 e. The Morgan fingerprint density at radius 1 is 1.29 bits per heavy atom. The Kier molecular flexibility index (Phi) is 3.87. The third-order valence-electron chi connectivity index (χ3n) is 2.96. The van der Waals surface area contributed by atoms with Gasteiger partial charge in [0, 0.05) is 23.1 Å². The van der Waals surface area contributed by atoms with Crippen LogP contribution in [0.5, 0.6) is 0 Å². The number of carbonyl (C=O) groups is 1. The van der Waals surface area contributed by atoms with Crippen LogP contribution in [0.15, 0.2) is 53.5 Å². The first-order valence-electron chi connectivity index (χ1n) is 6.30. The maximum absolute atomic E-state index is 11.2. The van der Waals surface area contributed by atoms with Gasteiger partial charge in [-0.05, 0) is 17.7 Å². The zero-order chi connectivity index (χ0) is 14.7. The van der Waals surface area contributed by atoms with Crippen LogP contribution >= 0.6 is 15.9 Å². The van der Waals surface area contributed by atoms with E-state index in [-0.39, 0.29) is 0 Å². The Morgan fingerprint density at radius 3 is 2.90 bits per heavy atom. The molecule has 0 amide bonds. The molecule has 21 heavy (non-hydrogen) atoms. The summed E-state index contributed by atoms with van der Waals surface area (Å²) in [5, 5.41) is 4.44. The molecule has 3 rings (SSSR count). The van der Waals surface area contributed by atoms with Crippen LogP contribution < -0.4 is 0 Å². The number of hydrogen-bond acceptors (Lipinski definition) is 4. The monoisotopic (exact) mass is 342 g/mol. The standard InChI is InChI=1S/C15H11BrN4O/c16-13-3-1-2-11(6-13)8-20-9-12(10-21)15(19-20)14-7-17-4-5-18-14/h1-7,9-10H,8H2. The molecule has 104 valence electrons. The van der Waals surface area contributed by atoms with Gasteiger partial charge in [-0.15, -0.1) is 0 Å². The summed E-state index contributed by atoms with van der Waals surface area (Å²) in [6.45, 7) is 0.584. The normalized spacial score (nSPS) is 10.5. The number of aromatic nitrogens is 4. The minimum atomic E-state index is 0.505. The van der Waals surface area contributed by atoms with Crippen molar-refractivity contribution in [3.63, 3.8) is 0 Å². The summed E-state index contributed by atoms with van der Waals surface area (Å²) >= 11 is 3.44. The van der Waals surface area contributed by atoms with E-state index in [2.05, 4.69) is 31.0 Å². The van der Waals surface area contributed by atoms with Crippen molar-refractivity contribution >= 4 is 22.2 Å². The van der Waals surface area contributed by atoms with E-state index in [1.807, 2.05) is 24.3 Å². The molecular weight excluding hydrogens is 332 g/mol. The van der Waals surface area contributed by atoms with Crippen LogP contribution in [0.25, 0.3) is 11.4 Å². The molecule has 0 aliphatic heterocycles. The molecule has 5 nitrogen and oxygen atoms in total. The van der Waals surface area contributed by atoms with E-state index in [0.29, 0.717) is 23.5 Å². The molecule has 1 aromatic carbocycles. The first kappa shape index (κ1) is 13.6.